The molecule has 0 unspecified atom stereocenters. The maximum Gasteiger partial charge on any atom is 0.153 e. The van der Waals surface area contributed by atoms with Gasteiger partial charge in [0.1, 0.15) is 5.75 Å². The van der Waals surface area contributed by atoms with Crippen molar-refractivity contribution in [3.05, 3.63) is 47.5 Å². The average Bonchev–Trinajstić information content (AvgIpc) is 3.19. The van der Waals surface area contributed by atoms with Gasteiger partial charge >= 0.3 is 0 Å². The highest BCUT2D eigenvalue weighted by molar-refractivity contribution is 7.91. The highest BCUT2D eigenvalue weighted by Crippen LogP contribution is 2.30. The molecule has 7 nitrogen and oxygen atoms in total. The number of nitrogens with one attached hydrogen (secondary N) is 1. The predicted molar refractivity (Wildman–Crippen MR) is 103 cm³/mol. The number of hydrogen-bond acceptors (Lipinski definition) is 6. The number of para-hydroxylation sites is 1. The number of rotatable bonds is 5. The quantitative estimate of drug-likeness (QED) is 0.827. The highest BCUT2D eigenvalue weighted by Gasteiger charge is 2.46. The van der Waals surface area contributed by atoms with Crippen molar-refractivity contribution in [3.63, 3.8) is 0 Å². The SMILES string of the molecule is COc1ccccc1CN1CCN(Cc2nc[nH]c2C)[C@H]2CS(=O)(=O)C[C@H]21. The summed E-state index contributed by atoms with van der Waals surface area (Å²) in [5, 5.41) is 0. The summed E-state index contributed by atoms with van der Waals surface area (Å²) >= 11 is 0. The summed E-state index contributed by atoms with van der Waals surface area (Å²) in [4.78, 5) is 12.1. The van der Waals surface area contributed by atoms with E-state index in [9.17, 15) is 8.42 Å². The molecule has 146 valence electrons. The molecule has 2 aromatic rings. The topological polar surface area (TPSA) is 78.5 Å². The number of ether oxygens (including phenoxy) is 1. The largest absolute Gasteiger partial charge is 0.496 e. The molecule has 2 aliphatic rings. The molecular weight excluding hydrogens is 364 g/mol. The smallest absolute Gasteiger partial charge is 0.153 e. The van der Waals surface area contributed by atoms with Crippen LogP contribution in [0.2, 0.25) is 0 Å². The molecule has 1 N–H and O–H groups in total. The minimum Gasteiger partial charge on any atom is -0.496 e. The van der Waals surface area contributed by atoms with Crippen molar-refractivity contribution in [1.82, 2.24) is 19.8 Å². The van der Waals surface area contributed by atoms with Gasteiger partial charge in [-0.15, -0.1) is 0 Å². The first kappa shape index (κ1) is 18.5. The van der Waals surface area contributed by atoms with Crippen molar-refractivity contribution in [1.29, 1.82) is 0 Å². The van der Waals surface area contributed by atoms with Crippen LogP contribution >= 0.6 is 0 Å². The number of hydrogen-bond donors (Lipinski definition) is 1. The second kappa shape index (κ2) is 7.26. The Morgan fingerprint density at radius 2 is 1.81 bits per heavy atom. The van der Waals surface area contributed by atoms with E-state index in [-0.39, 0.29) is 23.6 Å². The number of aromatic amines is 1. The lowest BCUT2D eigenvalue weighted by Crippen LogP contribution is -2.58. The second-order valence-corrected chi connectivity index (χ2v) is 9.59. The van der Waals surface area contributed by atoms with E-state index in [1.54, 1.807) is 13.4 Å². The lowest BCUT2D eigenvalue weighted by Gasteiger charge is -2.44. The van der Waals surface area contributed by atoms with Gasteiger partial charge in [0.15, 0.2) is 9.84 Å². The Morgan fingerprint density at radius 3 is 2.44 bits per heavy atom. The van der Waals surface area contributed by atoms with Gasteiger partial charge in [0.25, 0.3) is 0 Å². The molecule has 2 atom stereocenters. The summed E-state index contributed by atoms with van der Waals surface area (Å²) in [7, 11) is -1.36. The van der Waals surface area contributed by atoms with Crippen LogP contribution in [0.25, 0.3) is 0 Å². The normalized spacial score (nSPS) is 25.4. The zero-order valence-corrected chi connectivity index (χ0v) is 16.6. The van der Waals surface area contributed by atoms with E-state index in [2.05, 4.69) is 25.8 Å². The van der Waals surface area contributed by atoms with Crippen molar-refractivity contribution < 1.29 is 13.2 Å². The Labute approximate surface area is 160 Å². The molecule has 27 heavy (non-hydrogen) atoms. The molecule has 2 aliphatic heterocycles. The van der Waals surface area contributed by atoms with E-state index in [1.165, 1.54) is 0 Å². The number of benzene rings is 1. The third-order valence-corrected chi connectivity index (χ3v) is 7.46. The van der Waals surface area contributed by atoms with E-state index < -0.39 is 9.84 Å². The first-order valence-electron chi connectivity index (χ1n) is 9.26. The summed E-state index contributed by atoms with van der Waals surface area (Å²) < 4.78 is 30.3. The van der Waals surface area contributed by atoms with E-state index in [0.717, 1.165) is 35.8 Å². The first-order valence-corrected chi connectivity index (χ1v) is 11.1. The standard InChI is InChI=1S/C19H26N4O3S/c1-14-16(21-13-20-14)10-23-8-7-22(17-11-27(24,25)12-18(17)23)9-15-5-3-4-6-19(15)26-2/h3-6,13,17-18H,7-12H2,1-2H3,(H,20,21)/t17-,18+/m1/s1. The molecule has 1 aromatic carbocycles. The van der Waals surface area contributed by atoms with Crippen LogP contribution in [-0.4, -0.2) is 72.0 Å². The Bertz CT molecular complexity index is 911. The van der Waals surface area contributed by atoms with Gasteiger partial charge < -0.3 is 9.72 Å². The fraction of sp³-hybridized carbons (Fsp3) is 0.526. The summed E-state index contributed by atoms with van der Waals surface area (Å²) in [6.07, 6.45) is 1.70. The van der Waals surface area contributed by atoms with Crippen LogP contribution in [0.4, 0.5) is 0 Å². The Balaban J connectivity index is 1.56. The Hall–Kier alpha value is -1.90. The van der Waals surface area contributed by atoms with Crippen molar-refractivity contribution in [3.8, 4) is 5.75 Å². The molecule has 0 radical (unpaired) electrons. The molecule has 1 aromatic heterocycles. The van der Waals surface area contributed by atoms with Crippen LogP contribution in [0.3, 0.4) is 0 Å². The summed E-state index contributed by atoms with van der Waals surface area (Å²) in [5.74, 6) is 1.30. The molecule has 8 heteroatoms. The number of piperazine rings is 1. The molecule has 3 heterocycles. The number of aromatic nitrogens is 2. The van der Waals surface area contributed by atoms with E-state index in [0.29, 0.717) is 13.1 Å². The number of nitrogens with zero attached hydrogens (tertiary/aromatic N) is 3. The van der Waals surface area contributed by atoms with Crippen LogP contribution in [0.15, 0.2) is 30.6 Å². The third kappa shape index (κ3) is 3.74. The average molecular weight is 391 g/mol. The fourth-order valence-electron chi connectivity index (χ4n) is 4.28. The molecule has 4 rings (SSSR count). The van der Waals surface area contributed by atoms with Crippen molar-refractivity contribution in [2.75, 3.05) is 31.7 Å². The third-order valence-electron chi connectivity index (χ3n) is 5.76. The van der Waals surface area contributed by atoms with Gasteiger partial charge in [-0.1, -0.05) is 18.2 Å². The van der Waals surface area contributed by atoms with Crippen molar-refractivity contribution in [2.45, 2.75) is 32.1 Å². The van der Waals surface area contributed by atoms with Gasteiger partial charge in [0, 0.05) is 49.5 Å². The van der Waals surface area contributed by atoms with E-state index in [1.807, 2.05) is 25.1 Å². The monoisotopic (exact) mass is 390 g/mol. The zero-order chi connectivity index (χ0) is 19.0. The molecule has 0 aliphatic carbocycles. The summed E-state index contributed by atoms with van der Waals surface area (Å²) in [6.45, 7) is 5.06. The second-order valence-electron chi connectivity index (χ2n) is 7.44. The first-order chi connectivity index (χ1) is 13.0. The van der Waals surface area contributed by atoms with E-state index in [4.69, 9.17) is 4.74 Å². The fourth-order valence-corrected chi connectivity index (χ4v) is 6.32. The van der Waals surface area contributed by atoms with Gasteiger partial charge in [0.2, 0.25) is 0 Å². The predicted octanol–water partition coefficient (Wildman–Crippen LogP) is 1.21. The maximum atomic E-state index is 12.4. The van der Waals surface area contributed by atoms with Crippen molar-refractivity contribution in [2.24, 2.45) is 0 Å². The minimum absolute atomic E-state index is 0.00732. The minimum atomic E-state index is -3.03. The number of aryl methyl sites for hydroxylation is 1. The number of fused-ring (bicyclic) bond motifs is 1. The summed E-state index contributed by atoms with van der Waals surface area (Å²) in [5.41, 5.74) is 3.14. The molecule has 2 saturated heterocycles. The van der Waals surface area contributed by atoms with Crippen LogP contribution in [0.1, 0.15) is 17.0 Å². The maximum absolute atomic E-state index is 12.4. The Morgan fingerprint density at radius 1 is 1.15 bits per heavy atom. The molecule has 0 bridgehead atoms. The Kier molecular flexibility index (Phi) is 4.96. The number of imidazole rings is 1. The van der Waals surface area contributed by atoms with Crippen LogP contribution in [0.5, 0.6) is 5.75 Å². The van der Waals surface area contributed by atoms with Gasteiger partial charge in [-0.05, 0) is 13.0 Å². The highest BCUT2D eigenvalue weighted by atomic mass is 32.2. The molecule has 2 fully saturated rings. The van der Waals surface area contributed by atoms with Gasteiger partial charge in [-0.25, -0.2) is 13.4 Å². The molecular formula is C19H26N4O3S. The summed E-state index contributed by atoms with van der Waals surface area (Å²) in [6, 6.07) is 7.97. The van der Waals surface area contributed by atoms with Gasteiger partial charge in [-0.2, -0.15) is 0 Å². The van der Waals surface area contributed by atoms with Gasteiger partial charge in [0.05, 0.1) is 30.6 Å². The van der Waals surface area contributed by atoms with E-state index >= 15 is 0 Å². The van der Waals surface area contributed by atoms with Crippen LogP contribution in [0, 0.1) is 6.92 Å². The lowest BCUT2D eigenvalue weighted by molar-refractivity contribution is 0.0343. The molecule has 0 spiro atoms. The molecule has 0 saturated carbocycles. The van der Waals surface area contributed by atoms with Crippen LogP contribution in [-0.2, 0) is 22.9 Å². The molecule has 0 amide bonds. The van der Waals surface area contributed by atoms with Crippen molar-refractivity contribution >= 4 is 9.84 Å². The zero-order valence-electron chi connectivity index (χ0n) is 15.8. The van der Waals surface area contributed by atoms with Crippen LogP contribution < -0.4 is 4.74 Å². The lowest BCUT2D eigenvalue weighted by atomic mass is 10.0. The number of H-pyrrole nitrogens is 1. The number of sulfone groups is 1. The number of methoxy groups -OCH3 is 1. The van der Waals surface area contributed by atoms with Gasteiger partial charge in [-0.3, -0.25) is 9.80 Å².